The number of nitriles is 1. The smallest absolute Gasteiger partial charge is 0.298 e. The number of nitrogens with zero attached hydrogens (tertiary/aromatic N) is 1. The quantitative estimate of drug-likeness (QED) is 0.166. The van der Waals surface area contributed by atoms with Crippen molar-refractivity contribution in [3.05, 3.63) is 104 Å². The molecule has 0 bridgehead atoms. The van der Waals surface area contributed by atoms with Crippen LogP contribution in [0.3, 0.4) is 0 Å². The highest BCUT2D eigenvalue weighted by Crippen LogP contribution is 2.42. The first-order valence-corrected chi connectivity index (χ1v) is 11.6. The number of halogens is 10. The fourth-order valence-corrected chi connectivity index (χ4v) is 3.98. The van der Waals surface area contributed by atoms with Gasteiger partial charge in [-0.15, -0.1) is 0 Å². The number of benzene rings is 3. The molecule has 0 spiro atoms. The molecule has 0 saturated heterocycles. The van der Waals surface area contributed by atoms with E-state index < -0.39 is 52.3 Å². The number of rotatable bonds is 6. The molecule has 0 aliphatic heterocycles. The van der Waals surface area contributed by atoms with Crippen molar-refractivity contribution in [2.75, 3.05) is 5.43 Å². The van der Waals surface area contributed by atoms with Crippen molar-refractivity contribution >= 4 is 52.2 Å². The second-order valence-corrected chi connectivity index (χ2v) is 9.05. The molecule has 0 radical (unpaired) electrons. The molecule has 3 aromatic rings. The second-order valence-electron chi connectivity index (χ2n) is 7.86. The first kappa shape index (κ1) is 30.1. The Balaban J connectivity index is 1.97. The van der Waals surface area contributed by atoms with E-state index in [4.69, 9.17) is 40.1 Å². The monoisotopic (exact) mass is 609 g/mol. The number of carbonyl (C=O) groups is 1. The van der Waals surface area contributed by atoms with Crippen molar-refractivity contribution in [3.63, 3.8) is 0 Å². The van der Waals surface area contributed by atoms with Crippen molar-refractivity contribution in [2.24, 2.45) is 0 Å². The molecule has 0 saturated carbocycles. The number of hydrogen-bond acceptors (Lipinski definition) is 3. The van der Waals surface area contributed by atoms with E-state index in [9.17, 15) is 35.5 Å². The summed E-state index contributed by atoms with van der Waals surface area (Å²) in [5, 5.41) is 7.99. The number of nitrogens with one attached hydrogen (secondary N) is 2. The Labute approximate surface area is 231 Å². The Bertz CT molecular complexity index is 1460. The third-order valence-corrected chi connectivity index (χ3v) is 6.39. The Morgan fingerprint density at radius 1 is 0.949 bits per heavy atom. The lowest BCUT2D eigenvalue weighted by molar-refractivity contribution is -0.140. The molecule has 3 rings (SSSR count). The van der Waals surface area contributed by atoms with Gasteiger partial charge in [0.15, 0.2) is 0 Å². The summed E-state index contributed by atoms with van der Waals surface area (Å²) in [4.78, 5) is 12.5. The number of carbonyl (C=O) groups excluding carboxylic acids is 1. The molecule has 0 heterocycles. The van der Waals surface area contributed by atoms with E-state index in [0.29, 0.717) is 6.07 Å². The van der Waals surface area contributed by atoms with E-state index in [0.717, 1.165) is 18.2 Å². The molecule has 1 atom stereocenters. The fourth-order valence-electron chi connectivity index (χ4n) is 3.37. The first-order chi connectivity index (χ1) is 18.1. The zero-order chi connectivity index (χ0) is 29.1. The summed E-state index contributed by atoms with van der Waals surface area (Å²) in [5.74, 6) is -5.57. The Kier molecular flexibility index (Phi) is 9.05. The molecular weight excluding hydrogens is 598 g/mol. The van der Waals surface area contributed by atoms with Gasteiger partial charge in [0.2, 0.25) is 0 Å². The molecule has 0 fully saturated rings. The normalized spacial score (nSPS) is 13.0. The van der Waals surface area contributed by atoms with Gasteiger partial charge < -0.3 is 0 Å². The Morgan fingerprint density at radius 2 is 1.59 bits per heavy atom. The lowest BCUT2D eigenvalue weighted by atomic mass is 9.95. The minimum Gasteiger partial charge on any atom is -0.298 e. The average molecular weight is 611 g/mol. The van der Waals surface area contributed by atoms with Gasteiger partial charge in [0.1, 0.15) is 11.7 Å². The Hall–Kier alpha value is -3.46. The van der Waals surface area contributed by atoms with Crippen LogP contribution >= 0.6 is 34.8 Å². The highest BCUT2D eigenvalue weighted by atomic mass is 35.5. The van der Waals surface area contributed by atoms with E-state index in [1.807, 2.05) is 11.5 Å². The molecule has 39 heavy (non-hydrogen) atoms. The minimum atomic E-state index is -5.18. The second kappa shape index (κ2) is 11.7. The van der Waals surface area contributed by atoms with Gasteiger partial charge in [-0.05, 0) is 54.1 Å². The maximum absolute atomic E-state index is 15.0. The highest BCUT2D eigenvalue weighted by molar-refractivity contribution is 6.48. The number of amides is 1. The number of allylic oxidation sites excluding steroid dienone is 1. The maximum Gasteiger partial charge on any atom is 0.417 e. The van der Waals surface area contributed by atoms with Crippen LogP contribution in [-0.2, 0) is 6.18 Å². The predicted molar refractivity (Wildman–Crippen MR) is 133 cm³/mol. The van der Waals surface area contributed by atoms with Crippen LogP contribution in [0.4, 0.5) is 36.4 Å². The van der Waals surface area contributed by atoms with Crippen LogP contribution in [0.15, 0.2) is 60.7 Å². The van der Waals surface area contributed by atoms with Crippen LogP contribution in [0.5, 0.6) is 0 Å². The lowest BCUT2D eigenvalue weighted by Gasteiger charge is -2.19. The third kappa shape index (κ3) is 7.35. The molecule has 0 aliphatic carbocycles. The summed E-state index contributed by atoms with van der Waals surface area (Å²) >= 11 is 17.3. The first-order valence-electron chi connectivity index (χ1n) is 10.5. The van der Waals surface area contributed by atoms with Gasteiger partial charge in [0, 0.05) is 5.56 Å². The van der Waals surface area contributed by atoms with Crippen molar-refractivity contribution in [1.82, 2.24) is 5.43 Å². The summed E-state index contributed by atoms with van der Waals surface area (Å²) in [7, 11) is 0. The zero-order valence-electron chi connectivity index (χ0n) is 19.0. The zero-order valence-corrected chi connectivity index (χ0v) is 21.3. The van der Waals surface area contributed by atoms with E-state index >= 15 is 0 Å². The van der Waals surface area contributed by atoms with E-state index in [1.165, 1.54) is 24.3 Å². The molecule has 3 aromatic carbocycles. The minimum absolute atomic E-state index is 0.0644. The van der Waals surface area contributed by atoms with Gasteiger partial charge in [-0.25, -0.2) is 4.39 Å². The molecule has 1 unspecified atom stereocenters. The molecular formula is C25H13Cl3F7N3O. The van der Waals surface area contributed by atoms with Crippen molar-refractivity contribution in [2.45, 2.75) is 18.3 Å². The average Bonchev–Trinajstić information content (AvgIpc) is 2.87. The summed E-state index contributed by atoms with van der Waals surface area (Å²) in [6, 6.07) is 10.7. The SMILES string of the molecule is N#Cc1cccc(NNC(=O)c2ccc(C(F)=CC(c3cc(Cl)c(Cl)c(Cl)c3)C(F)(F)F)cc2C(F)(F)F)c1. The Morgan fingerprint density at radius 3 is 2.15 bits per heavy atom. The van der Waals surface area contributed by atoms with Crippen LogP contribution in [0.2, 0.25) is 15.1 Å². The van der Waals surface area contributed by atoms with Gasteiger partial charge in [0.25, 0.3) is 5.91 Å². The van der Waals surface area contributed by atoms with Crippen LogP contribution < -0.4 is 10.9 Å². The number of anilines is 1. The molecule has 0 aliphatic rings. The lowest BCUT2D eigenvalue weighted by Crippen LogP contribution is -2.31. The van der Waals surface area contributed by atoms with E-state index in [1.54, 1.807) is 0 Å². The largest absolute Gasteiger partial charge is 0.417 e. The van der Waals surface area contributed by atoms with Crippen LogP contribution in [0.25, 0.3) is 5.83 Å². The summed E-state index contributed by atoms with van der Waals surface area (Å²) in [5.41, 5.74) is 0.753. The fraction of sp³-hybridized carbons (Fsp3) is 0.120. The van der Waals surface area contributed by atoms with Crippen molar-refractivity contribution in [3.8, 4) is 6.07 Å². The predicted octanol–water partition coefficient (Wildman–Crippen LogP) is 8.95. The van der Waals surface area contributed by atoms with E-state index in [-0.39, 0.29) is 38.5 Å². The summed E-state index contributed by atoms with van der Waals surface area (Å²) in [6.07, 6.45) is -10.2. The maximum atomic E-state index is 15.0. The van der Waals surface area contributed by atoms with Crippen molar-refractivity contribution in [1.29, 1.82) is 5.26 Å². The van der Waals surface area contributed by atoms with Gasteiger partial charge in [-0.2, -0.15) is 31.6 Å². The number of alkyl halides is 6. The molecule has 0 aromatic heterocycles. The van der Waals surface area contributed by atoms with Crippen LogP contribution in [0, 0.1) is 11.3 Å². The standard InChI is InChI=1S/C25H13Cl3F7N3O/c26-19-8-14(9-20(27)22(19)28)17(24(30,31)32)10-21(29)13-4-5-16(18(7-13)25(33,34)35)23(39)38-37-15-3-1-2-12(6-15)11-36/h1-10,17,37H,(H,38,39). The summed E-state index contributed by atoms with van der Waals surface area (Å²) in [6.45, 7) is 0. The van der Waals surface area contributed by atoms with E-state index in [2.05, 4.69) is 5.43 Å². The van der Waals surface area contributed by atoms with Gasteiger partial charge in [0.05, 0.1) is 43.5 Å². The molecule has 2 N–H and O–H groups in total. The topological polar surface area (TPSA) is 64.9 Å². The molecule has 14 heteroatoms. The van der Waals surface area contributed by atoms with Gasteiger partial charge in [-0.3, -0.25) is 15.6 Å². The summed E-state index contributed by atoms with van der Waals surface area (Å²) < 4.78 is 97.6. The van der Waals surface area contributed by atoms with Gasteiger partial charge in [-0.1, -0.05) is 46.9 Å². The highest BCUT2D eigenvalue weighted by Gasteiger charge is 2.41. The number of hydrogen-bond donors (Lipinski definition) is 2. The third-order valence-electron chi connectivity index (χ3n) is 5.19. The van der Waals surface area contributed by atoms with Crippen molar-refractivity contribution < 1.29 is 35.5 Å². The molecule has 204 valence electrons. The molecule has 1 amide bonds. The number of hydrazine groups is 1. The molecule has 4 nitrogen and oxygen atoms in total. The van der Waals surface area contributed by atoms with Gasteiger partial charge >= 0.3 is 12.4 Å². The van der Waals surface area contributed by atoms with Crippen LogP contribution in [-0.4, -0.2) is 12.1 Å². The van der Waals surface area contributed by atoms with Crippen LogP contribution in [0.1, 0.15) is 38.5 Å².